The van der Waals surface area contributed by atoms with Gasteiger partial charge < -0.3 is 19.5 Å². The Bertz CT molecular complexity index is 1410. The van der Waals surface area contributed by atoms with Crippen molar-refractivity contribution in [2.45, 2.75) is 13.5 Å². The van der Waals surface area contributed by atoms with Crippen molar-refractivity contribution in [1.29, 1.82) is 0 Å². The number of nitrogens with one attached hydrogen (secondary N) is 1. The third-order valence-corrected chi connectivity index (χ3v) is 6.91. The molecule has 0 unspecified atom stereocenters. The molecule has 1 N–H and O–H groups in total. The lowest BCUT2D eigenvalue weighted by atomic mass is 10.1. The van der Waals surface area contributed by atoms with Crippen LogP contribution in [-0.4, -0.2) is 42.2 Å². The van der Waals surface area contributed by atoms with E-state index in [0.29, 0.717) is 40.1 Å². The summed E-state index contributed by atoms with van der Waals surface area (Å²) in [5, 5.41) is 3.02. The van der Waals surface area contributed by atoms with E-state index in [1.165, 1.54) is 13.2 Å². The van der Waals surface area contributed by atoms with Gasteiger partial charge in [0.15, 0.2) is 11.5 Å². The van der Waals surface area contributed by atoms with Gasteiger partial charge in [-0.2, -0.15) is 0 Å². The summed E-state index contributed by atoms with van der Waals surface area (Å²) in [6, 6.07) is 17.2. The van der Waals surface area contributed by atoms with Crippen molar-refractivity contribution in [3.05, 3.63) is 86.7 Å². The summed E-state index contributed by atoms with van der Waals surface area (Å²) < 4.78 is 16.7. The van der Waals surface area contributed by atoms with Crippen molar-refractivity contribution in [2.24, 2.45) is 0 Å². The van der Waals surface area contributed by atoms with Crippen LogP contribution >= 0.6 is 35.0 Å². The van der Waals surface area contributed by atoms with Crippen LogP contribution in [0.4, 0.5) is 10.5 Å². The van der Waals surface area contributed by atoms with Gasteiger partial charge in [-0.3, -0.25) is 19.3 Å². The number of hydrogen-bond donors (Lipinski definition) is 1. The summed E-state index contributed by atoms with van der Waals surface area (Å²) in [5.41, 5.74) is 1.94. The number of amides is 3. The largest absolute Gasteiger partial charge is 0.494 e. The molecule has 1 aliphatic rings. The van der Waals surface area contributed by atoms with Crippen molar-refractivity contribution in [1.82, 2.24) is 4.90 Å². The Morgan fingerprint density at radius 1 is 1.03 bits per heavy atom. The van der Waals surface area contributed by atoms with Crippen LogP contribution in [0.3, 0.4) is 0 Å². The molecule has 0 saturated carbocycles. The second-order valence-electron chi connectivity index (χ2n) is 8.22. The van der Waals surface area contributed by atoms with Crippen LogP contribution in [0.1, 0.15) is 18.1 Å². The molecule has 8 nitrogen and oxygen atoms in total. The molecule has 0 radical (unpaired) electrons. The number of hydrogen-bond acceptors (Lipinski definition) is 7. The fraction of sp³-hybridized carbons (Fsp3) is 0.179. The van der Waals surface area contributed by atoms with Crippen molar-refractivity contribution in [3.8, 4) is 17.2 Å². The maximum atomic E-state index is 12.9. The Hall–Kier alpha value is -3.66. The van der Waals surface area contributed by atoms with Crippen molar-refractivity contribution in [2.75, 3.05) is 25.6 Å². The number of benzene rings is 3. The summed E-state index contributed by atoms with van der Waals surface area (Å²) in [6.07, 6.45) is 1.52. The average molecular weight is 587 g/mol. The monoisotopic (exact) mass is 586 g/mol. The number of nitrogens with zero attached hydrogens (tertiary/aromatic N) is 1. The standard InChI is InChI=1S/C28H24Cl2N2O6S/c1-3-37-21-10-8-20(9-11-21)31-25(33)15-32-27(34)24(39-28(32)35)14-18-12-22(30)26(23(13-18)36-2)38-16-17-4-6-19(29)7-5-17/h4-14H,3,15-16H2,1-2H3,(H,31,33)/b24-14+. The van der Waals surface area contributed by atoms with Gasteiger partial charge in [-0.1, -0.05) is 35.3 Å². The number of methoxy groups -OCH3 is 1. The summed E-state index contributed by atoms with van der Waals surface area (Å²) in [6.45, 7) is 2.22. The normalized spacial score (nSPS) is 14.1. The number of rotatable bonds is 10. The van der Waals surface area contributed by atoms with Crippen LogP contribution in [0.25, 0.3) is 6.08 Å². The summed E-state index contributed by atoms with van der Waals surface area (Å²) in [4.78, 5) is 39.0. The number of carbonyl (C=O) groups excluding carboxylic acids is 3. The highest BCUT2D eigenvalue weighted by Crippen LogP contribution is 2.39. The van der Waals surface area contributed by atoms with Gasteiger partial charge in [0.25, 0.3) is 11.1 Å². The molecule has 202 valence electrons. The number of anilines is 1. The molecule has 39 heavy (non-hydrogen) atoms. The molecule has 1 fully saturated rings. The Morgan fingerprint density at radius 2 is 1.74 bits per heavy atom. The lowest BCUT2D eigenvalue weighted by Gasteiger charge is -2.14. The molecule has 4 rings (SSSR count). The van der Waals surface area contributed by atoms with E-state index in [-0.39, 0.29) is 16.5 Å². The van der Waals surface area contributed by atoms with E-state index in [4.69, 9.17) is 37.4 Å². The van der Waals surface area contributed by atoms with Crippen LogP contribution in [-0.2, 0) is 16.2 Å². The van der Waals surface area contributed by atoms with E-state index in [1.807, 2.05) is 19.1 Å². The topological polar surface area (TPSA) is 94.2 Å². The fourth-order valence-electron chi connectivity index (χ4n) is 3.63. The third kappa shape index (κ3) is 7.26. The van der Waals surface area contributed by atoms with Crippen LogP contribution in [0.15, 0.2) is 65.6 Å². The van der Waals surface area contributed by atoms with Crippen molar-refractivity contribution >= 4 is 63.8 Å². The highest BCUT2D eigenvalue weighted by atomic mass is 35.5. The van der Waals surface area contributed by atoms with Crippen LogP contribution in [0.2, 0.25) is 10.0 Å². The van der Waals surface area contributed by atoms with Crippen molar-refractivity contribution < 1.29 is 28.6 Å². The lowest BCUT2D eigenvalue weighted by Crippen LogP contribution is -2.36. The molecule has 1 heterocycles. The number of carbonyl (C=O) groups is 3. The SMILES string of the molecule is CCOc1ccc(NC(=O)CN2C(=O)S/C(=C/c3cc(Cl)c(OCc4ccc(Cl)cc4)c(OC)c3)C2=O)cc1. The molecule has 0 spiro atoms. The number of halogens is 2. The summed E-state index contributed by atoms with van der Waals surface area (Å²) >= 11 is 13.1. The Balaban J connectivity index is 1.43. The van der Waals surface area contributed by atoms with E-state index in [1.54, 1.807) is 48.5 Å². The zero-order valence-electron chi connectivity index (χ0n) is 21.0. The summed E-state index contributed by atoms with van der Waals surface area (Å²) in [7, 11) is 1.47. The third-order valence-electron chi connectivity index (χ3n) is 5.47. The van der Waals surface area contributed by atoms with Gasteiger partial charge in [0.1, 0.15) is 18.9 Å². The van der Waals surface area contributed by atoms with Crippen LogP contribution < -0.4 is 19.5 Å². The number of imide groups is 1. The van der Waals surface area contributed by atoms with Gasteiger partial charge in [0.2, 0.25) is 5.91 Å². The van der Waals surface area contributed by atoms with Crippen LogP contribution in [0.5, 0.6) is 17.2 Å². The second-order valence-corrected chi connectivity index (χ2v) is 10.1. The summed E-state index contributed by atoms with van der Waals surface area (Å²) in [5.74, 6) is 0.283. The van der Waals surface area contributed by atoms with Gasteiger partial charge in [-0.15, -0.1) is 0 Å². The average Bonchev–Trinajstić information content (AvgIpc) is 3.17. The Labute approximate surface area is 239 Å². The molecule has 0 bridgehead atoms. The fourth-order valence-corrected chi connectivity index (χ4v) is 4.87. The molecular weight excluding hydrogens is 563 g/mol. The molecule has 0 atom stereocenters. The highest BCUT2D eigenvalue weighted by Gasteiger charge is 2.36. The van der Waals surface area contributed by atoms with Crippen LogP contribution in [0, 0.1) is 0 Å². The molecular formula is C28H24Cl2N2O6S. The zero-order valence-corrected chi connectivity index (χ0v) is 23.4. The smallest absolute Gasteiger partial charge is 0.294 e. The minimum absolute atomic E-state index is 0.154. The predicted molar refractivity (Wildman–Crippen MR) is 153 cm³/mol. The first-order chi connectivity index (χ1) is 18.8. The van der Waals surface area contributed by atoms with Gasteiger partial charge in [0.05, 0.1) is 23.6 Å². The van der Waals surface area contributed by atoms with E-state index in [9.17, 15) is 14.4 Å². The molecule has 11 heteroatoms. The highest BCUT2D eigenvalue weighted by molar-refractivity contribution is 8.18. The Morgan fingerprint density at radius 3 is 2.41 bits per heavy atom. The zero-order chi connectivity index (χ0) is 27.9. The number of ether oxygens (including phenoxy) is 3. The quantitative estimate of drug-likeness (QED) is 0.265. The molecule has 3 amide bonds. The minimum atomic E-state index is -0.579. The van der Waals surface area contributed by atoms with Gasteiger partial charge in [0, 0.05) is 10.7 Å². The maximum Gasteiger partial charge on any atom is 0.294 e. The maximum absolute atomic E-state index is 12.9. The molecule has 1 saturated heterocycles. The molecule has 0 aromatic heterocycles. The first-order valence-corrected chi connectivity index (χ1v) is 13.4. The molecule has 3 aromatic carbocycles. The Kier molecular flexibility index (Phi) is 9.40. The minimum Gasteiger partial charge on any atom is -0.494 e. The van der Waals surface area contributed by atoms with Crippen molar-refractivity contribution in [3.63, 3.8) is 0 Å². The van der Waals surface area contributed by atoms with E-state index in [0.717, 1.165) is 22.2 Å². The predicted octanol–water partition coefficient (Wildman–Crippen LogP) is 6.65. The molecule has 1 aliphatic heterocycles. The van der Waals surface area contributed by atoms with Gasteiger partial charge in [-0.25, -0.2) is 0 Å². The second kappa shape index (κ2) is 12.9. The van der Waals surface area contributed by atoms with E-state index in [2.05, 4.69) is 5.32 Å². The first-order valence-electron chi connectivity index (χ1n) is 11.8. The van der Waals surface area contributed by atoms with E-state index >= 15 is 0 Å². The molecule has 0 aliphatic carbocycles. The first kappa shape index (κ1) is 28.4. The number of thioether (sulfide) groups is 1. The van der Waals surface area contributed by atoms with E-state index < -0.39 is 23.6 Å². The van der Waals surface area contributed by atoms with Gasteiger partial charge in [-0.05, 0) is 84.4 Å². The molecule has 3 aromatic rings. The lowest BCUT2D eigenvalue weighted by molar-refractivity contribution is -0.127. The van der Waals surface area contributed by atoms with Gasteiger partial charge >= 0.3 is 0 Å².